The van der Waals surface area contributed by atoms with Gasteiger partial charge in [-0.1, -0.05) is 34.6 Å². The summed E-state index contributed by atoms with van der Waals surface area (Å²) in [6.45, 7) is 19.3. The number of aliphatic hydroxyl groups excluding tert-OH is 2. The minimum atomic E-state index is -5.07. The first-order chi connectivity index (χ1) is 41.8. The first kappa shape index (κ1) is 68.9. The van der Waals surface area contributed by atoms with Crippen LogP contribution in [0.3, 0.4) is 0 Å². The number of nitrogens with zero attached hydrogens (tertiary/aromatic N) is 5. The molecule has 17 N–H and O–H groups in total. The van der Waals surface area contributed by atoms with Crippen LogP contribution in [0.1, 0.15) is 150 Å². The predicted molar refractivity (Wildman–Crippen MR) is 334 cm³/mol. The minimum absolute atomic E-state index is 0.0114. The average Bonchev–Trinajstić information content (AvgIpc) is 1.53. The van der Waals surface area contributed by atoms with Gasteiger partial charge in [-0.05, 0) is 108 Å². The van der Waals surface area contributed by atoms with E-state index in [-0.39, 0.29) is 77.2 Å². The number of phosphoric acid groups is 1. The van der Waals surface area contributed by atoms with E-state index in [1.54, 1.807) is 4.57 Å². The number of nitrogens with one attached hydrogen (secondary N) is 2. The molecule has 3 unspecified atom stereocenters. The largest absolute Gasteiger partial charge is 0.472 e. The molecule has 90 heavy (non-hydrogen) atoms. The number of carbonyl (C=O) groups excluding carboxylic acids is 7. The lowest BCUT2D eigenvalue weighted by Crippen LogP contribution is -2.56. The van der Waals surface area contributed by atoms with Crippen molar-refractivity contribution < 1.29 is 67.0 Å². The number of aryl methyl sites for hydroxylation is 2. The monoisotopic (exact) mass is 1270 g/mol. The summed E-state index contributed by atoms with van der Waals surface area (Å²) in [5, 5.41) is 28.2. The Labute approximate surface area is 523 Å². The molecule has 1 aromatic carbocycles. The smallest absolute Gasteiger partial charge is 0.394 e. The van der Waals surface area contributed by atoms with Crippen molar-refractivity contribution in [3.8, 4) is 0 Å². The highest BCUT2D eigenvalue weighted by Gasteiger charge is 2.66. The summed E-state index contributed by atoms with van der Waals surface area (Å²) < 4.78 is 32.3. The topological polar surface area (TPSA) is 460 Å². The summed E-state index contributed by atoms with van der Waals surface area (Å²) in [7, 11) is -5.07. The number of primary amides is 6. The van der Waals surface area contributed by atoms with Crippen molar-refractivity contribution >= 4 is 77.3 Å². The second-order valence-corrected chi connectivity index (χ2v) is 28.4. The van der Waals surface area contributed by atoms with Gasteiger partial charge in [0.1, 0.15) is 18.3 Å². The van der Waals surface area contributed by atoms with Crippen LogP contribution in [0, 0.1) is 59.2 Å². The second-order valence-electron chi connectivity index (χ2n) is 27.1. The first-order valence-electron chi connectivity index (χ1n) is 30.6. The molecule has 0 radical (unpaired) electrons. The van der Waals surface area contributed by atoms with Gasteiger partial charge in [-0.3, -0.25) is 57.6 Å². The highest BCUT2D eigenvalue weighted by molar-refractivity contribution is 7.47. The number of hydrogen-bond donors (Lipinski definition) is 11. The van der Waals surface area contributed by atoms with E-state index in [4.69, 9.17) is 63.2 Å². The molecule has 15 atom stereocenters. The van der Waals surface area contributed by atoms with Crippen molar-refractivity contribution in [2.45, 2.75) is 189 Å². The van der Waals surface area contributed by atoms with Crippen molar-refractivity contribution in [3.05, 3.63) is 63.9 Å². The summed E-state index contributed by atoms with van der Waals surface area (Å²) >= 11 is 0. The zero-order chi connectivity index (χ0) is 66.7. The number of nitrogens with two attached hydrogens (primary N) is 6. The lowest BCUT2D eigenvalue weighted by molar-refractivity contribution is -0.124. The molecule has 0 aliphatic carbocycles. The molecule has 28 heteroatoms. The van der Waals surface area contributed by atoms with Gasteiger partial charge in [0, 0.05) is 131 Å². The molecular weight excluding hydrogens is 1180 g/mol. The van der Waals surface area contributed by atoms with E-state index in [1.165, 1.54) is 13.3 Å². The molecule has 8 rings (SSSR count). The van der Waals surface area contributed by atoms with E-state index in [9.17, 15) is 53.2 Å². The number of fused-ring (bicyclic) bond motifs is 7. The van der Waals surface area contributed by atoms with Crippen LogP contribution in [0.5, 0.6) is 0 Å². The normalized spacial score (nSPS) is 32.0. The van der Waals surface area contributed by atoms with E-state index in [2.05, 4.69) is 15.6 Å². The van der Waals surface area contributed by atoms with Crippen molar-refractivity contribution in [1.82, 2.24) is 20.2 Å². The number of phosphoric ester groups is 1. The van der Waals surface area contributed by atoms with Crippen molar-refractivity contribution in [2.24, 2.45) is 94.7 Å². The molecule has 0 saturated carbocycles. The standard InChI is InChI=1S/C62H90N13O14P/c1-29-20-39-40(21-30(29)2)75(28-70-39)57-52(84)53(41(27-76)87-57)89-90(85,86)88-31(3)26-69-49(83)18-19-59(8)37(22-46(66)80)56-62(11)61(10,25-48(68)82)36(14-17-45(65)79)51(74-62)33(5)55-60(9,24-47(67)81)34(12-15-43(63)77)38(71-55)23-42-58(6,7)35(13-16-44(64)78)50(72-42)32(4)54(59)73-56/h20-21,23,28,31,34-37,41,52-53,56-57,71,76,84H,12-19,22,24-27H2,1-11H3,(H2,63,77)(H2,64,78)(H2,65,79)(H2,66,80)(H2,67,81)(H2,68,82)(H,69,83)(H,85,86)/t31-,34+,35+,36+,37-,41-,52?,53?,56+,57-,59+,60-,61-,62-/m0/s1. The number of amides is 7. The maximum atomic E-state index is 14.4. The fourth-order valence-electron chi connectivity index (χ4n) is 15.4. The Balaban J connectivity index is 1.19. The molecule has 1 aromatic heterocycles. The lowest BCUT2D eigenvalue weighted by atomic mass is 9.55. The molecule has 2 fully saturated rings. The highest BCUT2D eigenvalue weighted by atomic mass is 31.2. The van der Waals surface area contributed by atoms with Gasteiger partial charge in [-0.2, -0.15) is 0 Å². The van der Waals surface area contributed by atoms with E-state index in [0.717, 1.165) is 11.1 Å². The fourth-order valence-corrected chi connectivity index (χ4v) is 16.6. The zero-order valence-electron chi connectivity index (χ0n) is 53.3. The number of imidazole rings is 1. The van der Waals surface area contributed by atoms with Gasteiger partial charge < -0.3 is 69.4 Å². The van der Waals surface area contributed by atoms with Gasteiger partial charge in [0.15, 0.2) is 6.23 Å². The van der Waals surface area contributed by atoms with Crippen LogP contribution in [-0.4, -0.2) is 132 Å². The number of aromatic nitrogens is 2. The third-order valence-electron chi connectivity index (χ3n) is 20.6. The Hall–Kier alpha value is -7.00. The lowest BCUT2D eigenvalue weighted by Gasteiger charge is -2.48. The molecule has 6 aliphatic rings. The van der Waals surface area contributed by atoms with Gasteiger partial charge in [-0.25, -0.2) is 9.55 Å². The first-order valence-corrected chi connectivity index (χ1v) is 32.1. The number of allylic oxidation sites excluding steroid dienone is 6. The zero-order valence-corrected chi connectivity index (χ0v) is 54.1. The number of ether oxygens (including phenoxy) is 1. The van der Waals surface area contributed by atoms with E-state index in [1.807, 2.05) is 87.4 Å². The van der Waals surface area contributed by atoms with Crippen molar-refractivity contribution in [1.29, 1.82) is 0 Å². The Morgan fingerprint density at radius 2 is 1.40 bits per heavy atom. The predicted octanol–water partition coefficient (Wildman–Crippen LogP) is 3.16. The summed E-state index contributed by atoms with van der Waals surface area (Å²) in [6.07, 6.45) is -4.26. The third kappa shape index (κ3) is 13.0. The fraction of sp³-hybridized carbons (Fsp3) is 0.629. The van der Waals surface area contributed by atoms with E-state index in [0.29, 0.717) is 56.4 Å². The summed E-state index contributed by atoms with van der Waals surface area (Å²) in [6, 6.07) is 2.70. The Morgan fingerprint density at radius 3 is 1.99 bits per heavy atom. The molecule has 0 spiro atoms. The summed E-state index contributed by atoms with van der Waals surface area (Å²) in [4.78, 5) is 126. The van der Waals surface area contributed by atoms with E-state index >= 15 is 0 Å². The number of rotatable bonds is 26. The molecule has 492 valence electrons. The minimum Gasteiger partial charge on any atom is -0.394 e. The van der Waals surface area contributed by atoms with Crippen LogP contribution in [0.25, 0.3) is 11.0 Å². The molecule has 2 aromatic rings. The number of benzene rings is 1. The van der Waals surface area contributed by atoms with Crippen molar-refractivity contribution in [2.75, 3.05) is 13.2 Å². The van der Waals surface area contributed by atoms with Gasteiger partial charge in [-0.15, -0.1) is 0 Å². The maximum Gasteiger partial charge on any atom is 0.472 e. The number of hydrogen-bond acceptors (Lipinski definition) is 18. The van der Waals surface area contributed by atoms with Crippen LogP contribution in [0.4, 0.5) is 0 Å². The number of aliphatic hydroxyl groups is 2. The van der Waals surface area contributed by atoms with E-state index < -0.39 is 143 Å². The quantitative estimate of drug-likeness (QED) is 0.0603. The molecule has 27 nitrogen and oxygen atoms in total. The van der Waals surface area contributed by atoms with Gasteiger partial charge in [0.2, 0.25) is 41.4 Å². The van der Waals surface area contributed by atoms with Crippen LogP contribution in [0.15, 0.2) is 67.8 Å². The Kier molecular flexibility index (Phi) is 19.6. The van der Waals surface area contributed by atoms with Gasteiger partial charge in [0.05, 0.1) is 41.7 Å². The number of aliphatic imine (C=N–C) groups is 3. The molecule has 7 heterocycles. The van der Waals surface area contributed by atoms with Crippen LogP contribution >= 0.6 is 7.82 Å². The van der Waals surface area contributed by atoms with Crippen LogP contribution in [0.2, 0.25) is 0 Å². The Bertz CT molecular complexity index is 3540. The van der Waals surface area contributed by atoms with Crippen LogP contribution in [-0.2, 0) is 51.9 Å². The average molecular weight is 1270 g/mol. The Morgan fingerprint density at radius 1 is 0.800 bits per heavy atom. The maximum absolute atomic E-state index is 14.4. The molecule has 6 aliphatic heterocycles. The molecular formula is C62H90N13O14P. The third-order valence-corrected chi connectivity index (χ3v) is 21.7. The molecule has 2 saturated heterocycles. The summed E-state index contributed by atoms with van der Waals surface area (Å²) in [5.74, 6) is -7.18. The second kappa shape index (κ2) is 25.6. The van der Waals surface area contributed by atoms with Crippen molar-refractivity contribution in [3.63, 3.8) is 0 Å². The van der Waals surface area contributed by atoms with Gasteiger partial charge in [0.25, 0.3) is 0 Å². The van der Waals surface area contributed by atoms with Gasteiger partial charge >= 0.3 is 7.82 Å². The highest BCUT2D eigenvalue weighted by Crippen LogP contribution is 2.63. The van der Waals surface area contributed by atoms with Crippen LogP contribution < -0.4 is 45.0 Å². The summed E-state index contributed by atoms with van der Waals surface area (Å²) in [5.41, 5.74) is 37.4. The number of carbonyl (C=O) groups is 7. The molecule has 7 amide bonds. The molecule has 8 bridgehead atoms. The SMILES string of the molecule is CC1=C2N=C(C=C3NC(=C(C)C4=N[C@@](C)([C@@H]5N=C1[C@](C)(CCC(=O)NC[C@H](C)OP(=O)(O)OC1C(O)[C@@H](n6cnc7cc(C)c(C)cc76)O[C@H]1CO)[C@H]5CC(N)=O)[C@@](C)(CC(N)=O)[C@@H]4CCC(N)=O)[C@@](C)(CC(N)=O)[C@@H]3CCC(N)=O)C(C)(C)[C@@H]2CCC(N)=O.